The molecule has 0 unspecified atom stereocenters. The van der Waals surface area contributed by atoms with Crippen molar-refractivity contribution in [3.63, 3.8) is 0 Å². The zero-order valence-corrected chi connectivity index (χ0v) is 10.5. The first-order valence-corrected chi connectivity index (χ1v) is 5.92. The summed E-state index contributed by atoms with van der Waals surface area (Å²) >= 11 is 0. The van der Waals surface area contributed by atoms with Crippen LogP contribution >= 0.6 is 0 Å². The lowest BCUT2D eigenvalue weighted by atomic mass is 9.96. The molecule has 1 fully saturated rings. The quantitative estimate of drug-likeness (QED) is 0.582. The van der Waals surface area contributed by atoms with E-state index in [0.717, 1.165) is 12.8 Å². The second kappa shape index (κ2) is 10.1. The predicted octanol–water partition coefficient (Wildman–Crippen LogP) is 0.759. The molecule has 0 spiro atoms. The van der Waals surface area contributed by atoms with Crippen molar-refractivity contribution in [3.05, 3.63) is 0 Å². The third-order valence-corrected chi connectivity index (χ3v) is 2.38. The average molecular weight is 277 g/mol. The Morgan fingerprint density at radius 3 is 1.79 bits per heavy atom. The van der Waals surface area contributed by atoms with Gasteiger partial charge >= 0.3 is 18.0 Å². The molecule has 0 saturated heterocycles. The fourth-order valence-corrected chi connectivity index (χ4v) is 1.65. The molecule has 1 aliphatic rings. The Balaban J connectivity index is 0.000000344. The van der Waals surface area contributed by atoms with Crippen LogP contribution in [0.5, 0.6) is 0 Å². The molecule has 19 heavy (non-hydrogen) atoms. The van der Waals surface area contributed by atoms with Gasteiger partial charge in [-0.05, 0) is 12.8 Å². The van der Waals surface area contributed by atoms with Gasteiger partial charge in [0, 0.05) is 6.04 Å². The molecular formula is C11H19NO7. The van der Waals surface area contributed by atoms with E-state index in [1.807, 2.05) is 0 Å². The van der Waals surface area contributed by atoms with Gasteiger partial charge in [0.15, 0.2) is 0 Å². The fraction of sp³-hybridized carbons (Fsp3) is 0.727. The first-order valence-electron chi connectivity index (χ1n) is 5.92. The summed E-state index contributed by atoms with van der Waals surface area (Å²) in [5.41, 5.74) is 0. The molecule has 1 saturated carbocycles. The van der Waals surface area contributed by atoms with E-state index in [-0.39, 0.29) is 6.04 Å². The first-order chi connectivity index (χ1) is 8.91. The van der Waals surface area contributed by atoms with Crippen molar-refractivity contribution in [1.82, 2.24) is 5.32 Å². The van der Waals surface area contributed by atoms with Crippen LogP contribution in [0, 0.1) is 0 Å². The summed E-state index contributed by atoms with van der Waals surface area (Å²) in [5.74, 6) is -2.34. The summed E-state index contributed by atoms with van der Waals surface area (Å²) in [6, 6.07) is 0.228. The zero-order chi connectivity index (χ0) is 14.7. The lowest BCUT2D eigenvalue weighted by Crippen LogP contribution is -2.34. The van der Waals surface area contributed by atoms with Crippen LogP contribution in [-0.2, 0) is 14.3 Å². The molecule has 1 amide bonds. The van der Waals surface area contributed by atoms with Crippen LogP contribution in [-0.4, -0.2) is 52.6 Å². The summed E-state index contributed by atoms with van der Waals surface area (Å²) in [6.07, 6.45) is 4.76. The topological polar surface area (TPSA) is 133 Å². The molecule has 8 heteroatoms. The van der Waals surface area contributed by atoms with Gasteiger partial charge in [0.2, 0.25) is 0 Å². The Kier molecular flexibility index (Phi) is 9.15. The minimum absolute atomic E-state index is 0.228. The van der Waals surface area contributed by atoms with Gasteiger partial charge in [-0.25, -0.2) is 14.4 Å². The van der Waals surface area contributed by atoms with Crippen molar-refractivity contribution in [2.24, 2.45) is 0 Å². The smallest absolute Gasteiger partial charge is 0.404 e. The Morgan fingerprint density at radius 2 is 1.42 bits per heavy atom. The molecule has 8 nitrogen and oxygen atoms in total. The maximum Gasteiger partial charge on any atom is 0.404 e. The minimum Gasteiger partial charge on any atom is -0.480 e. The maximum atomic E-state index is 10.2. The molecular weight excluding hydrogens is 258 g/mol. The molecule has 1 rings (SSSR count). The second-order valence-corrected chi connectivity index (χ2v) is 4.06. The summed E-state index contributed by atoms with van der Waals surface area (Å²) in [6.45, 7) is -1.13. The van der Waals surface area contributed by atoms with E-state index in [9.17, 15) is 14.4 Å². The van der Waals surface area contributed by atoms with Gasteiger partial charge in [-0.2, -0.15) is 0 Å². The molecule has 0 aromatic carbocycles. The molecule has 0 atom stereocenters. The zero-order valence-electron chi connectivity index (χ0n) is 10.5. The Labute approximate surface area is 110 Å². The molecule has 4 N–H and O–H groups in total. The third-order valence-electron chi connectivity index (χ3n) is 2.38. The average Bonchev–Trinajstić information content (AvgIpc) is 2.29. The lowest BCUT2D eigenvalue weighted by Gasteiger charge is -2.20. The van der Waals surface area contributed by atoms with Crippen molar-refractivity contribution >= 4 is 18.0 Å². The van der Waals surface area contributed by atoms with Gasteiger partial charge in [0.25, 0.3) is 0 Å². The Morgan fingerprint density at radius 1 is 0.947 bits per heavy atom. The number of hydrogen-bond donors (Lipinski definition) is 4. The molecule has 0 aromatic heterocycles. The second-order valence-electron chi connectivity index (χ2n) is 4.06. The summed E-state index contributed by atoms with van der Waals surface area (Å²) < 4.78 is 4.16. The van der Waals surface area contributed by atoms with E-state index in [4.69, 9.17) is 15.3 Å². The van der Waals surface area contributed by atoms with E-state index in [2.05, 4.69) is 10.1 Å². The maximum absolute atomic E-state index is 10.2. The van der Waals surface area contributed by atoms with Crippen LogP contribution in [0.2, 0.25) is 0 Å². The number of carboxylic acids is 2. The standard InChI is InChI=1S/C7H13NO2.C4H6O5/c9-7(10)8-6-4-2-1-3-5-6;5-3(6)1-9-2-4(7)8/h6,8H,1-5H2,(H,9,10);1-2H2,(H,5,6)(H,7,8). The summed E-state index contributed by atoms with van der Waals surface area (Å²) in [4.78, 5) is 29.5. The van der Waals surface area contributed by atoms with Crippen LogP contribution in [0.1, 0.15) is 32.1 Å². The van der Waals surface area contributed by atoms with Gasteiger partial charge in [0.1, 0.15) is 13.2 Å². The number of carboxylic acid groups (broad SMARTS) is 3. The highest BCUT2D eigenvalue weighted by atomic mass is 16.5. The number of rotatable bonds is 5. The molecule has 0 aliphatic heterocycles. The normalized spacial score (nSPS) is 14.9. The minimum atomic E-state index is -1.17. The van der Waals surface area contributed by atoms with Gasteiger partial charge in [0.05, 0.1) is 0 Å². The lowest BCUT2D eigenvalue weighted by molar-refractivity contribution is -0.148. The summed E-state index contributed by atoms with van der Waals surface area (Å²) in [7, 11) is 0. The van der Waals surface area contributed by atoms with E-state index in [0.29, 0.717) is 0 Å². The molecule has 0 radical (unpaired) electrons. The van der Waals surface area contributed by atoms with Crippen LogP contribution < -0.4 is 5.32 Å². The van der Waals surface area contributed by atoms with Gasteiger partial charge < -0.3 is 25.4 Å². The number of amides is 1. The Hall–Kier alpha value is -1.83. The molecule has 110 valence electrons. The van der Waals surface area contributed by atoms with Gasteiger partial charge in [-0.1, -0.05) is 19.3 Å². The highest BCUT2D eigenvalue weighted by Gasteiger charge is 2.14. The van der Waals surface area contributed by atoms with Gasteiger partial charge in [-0.15, -0.1) is 0 Å². The molecule has 1 aliphatic carbocycles. The van der Waals surface area contributed by atoms with E-state index < -0.39 is 31.2 Å². The van der Waals surface area contributed by atoms with Crippen LogP contribution in [0.4, 0.5) is 4.79 Å². The largest absolute Gasteiger partial charge is 0.480 e. The fourth-order valence-electron chi connectivity index (χ4n) is 1.65. The predicted molar refractivity (Wildman–Crippen MR) is 64.1 cm³/mol. The van der Waals surface area contributed by atoms with Crippen LogP contribution in [0.3, 0.4) is 0 Å². The highest BCUT2D eigenvalue weighted by molar-refractivity contribution is 5.70. The summed E-state index contributed by atoms with van der Waals surface area (Å²) in [5, 5.41) is 26.7. The van der Waals surface area contributed by atoms with Crippen molar-refractivity contribution in [2.45, 2.75) is 38.1 Å². The number of aliphatic carboxylic acids is 2. The van der Waals surface area contributed by atoms with Crippen molar-refractivity contribution < 1.29 is 34.4 Å². The third kappa shape index (κ3) is 12.4. The molecule has 0 heterocycles. The monoisotopic (exact) mass is 277 g/mol. The number of ether oxygens (including phenoxy) is 1. The first kappa shape index (κ1) is 17.2. The van der Waals surface area contributed by atoms with E-state index in [1.54, 1.807) is 0 Å². The van der Waals surface area contributed by atoms with E-state index in [1.165, 1.54) is 19.3 Å². The van der Waals surface area contributed by atoms with Crippen molar-refractivity contribution in [1.29, 1.82) is 0 Å². The van der Waals surface area contributed by atoms with Gasteiger partial charge in [-0.3, -0.25) is 0 Å². The molecule has 0 aromatic rings. The van der Waals surface area contributed by atoms with Crippen molar-refractivity contribution in [2.75, 3.05) is 13.2 Å². The van der Waals surface area contributed by atoms with Crippen molar-refractivity contribution in [3.8, 4) is 0 Å². The number of carbonyl (C=O) groups is 3. The Bertz CT molecular complexity index is 285. The van der Waals surface area contributed by atoms with Crippen LogP contribution in [0.25, 0.3) is 0 Å². The number of hydrogen-bond acceptors (Lipinski definition) is 4. The number of nitrogens with one attached hydrogen (secondary N) is 1. The van der Waals surface area contributed by atoms with Crippen LogP contribution in [0.15, 0.2) is 0 Å². The highest BCUT2D eigenvalue weighted by Crippen LogP contribution is 2.16. The van der Waals surface area contributed by atoms with E-state index >= 15 is 0 Å². The SMILES string of the molecule is O=C(O)COCC(=O)O.O=C(O)NC1CCCCC1. The molecule has 0 bridgehead atoms.